The van der Waals surface area contributed by atoms with E-state index in [1.54, 1.807) is 0 Å². The molecule has 0 aliphatic carbocycles. The number of rotatable bonds is 4. The van der Waals surface area contributed by atoms with Gasteiger partial charge in [0, 0.05) is 26.2 Å². The molecule has 1 unspecified atom stereocenters. The highest BCUT2D eigenvalue weighted by atomic mass is 16.5. The number of amides is 1. The quantitative estimate of drug-likeness (QED) is 0.754. The van der Waals surface area contributed by atoms with Crippen LogP contribution in [0, 0.1) is 0 Å². The Bertz CT molecular complexity index is 258. The van der Waals surface area contributed by atoms with Crippen LogP contribution in [0.1, 0.15) is 19.8 Å². The topological polar surface area (TPSA) is 50.8 Å². The molecule has 0 saturated carbocycles. The minimum absolute atomic E-state index is 0.0781. The monoisotopic (exact) mass is 242 g/mol. The summed E-state index contributed by atoms with van der Waals surface area (Å²) in [6, 6.07) is 0. The Hall–Kier alpha value is -0.650. The van der Waals surface area contributed by atoms with Crippen LogP contribution in [0.25, 0.3) is 0 Å². The van der Waals surface area contributed by atoms with Crippen molar-refractivity contribution in [2.45, 2.75) is 25.4 Å². The molecule has 2 saturated heterocycles. The van der Waals surface area contributed by atoms with Gasteiger partial charge >= 0.3 is 0 Å². The Kier molecular flexibility index (Phi) is 4.36. The lowest BCUT2D eigenvalue weighted by Gasteiger charge is -2.28. The lowest BCUT2D eigenvalue weighted by molar-refractivity contribution is -0.134. The molecule has 0 bridgehead atoms. The average molecular weight is 242 g/mol. The number of nitrogens with one attached hydrogen (secondary N) is 1. The van der Waals surface area contributed by atoms with Gasteiger partial charge in [-0.2, -0.15) is 0 Å². The lowest BCUT2D eigenvalue weighted by Crippen LogP contribution is -2.47. The molecule has 0 radical (unpaired) electrons. The van der Waals surface area contributed by atoms with Crippen LogP contribution in [0.3, 0.4) is 0 Å². The van der Waals surface area contributed by atoms with Crippen molar-refractivity contribution in [1.29, 1.82) is 0 Å². The summed E-state index contributed by atoms with van der Waals surface area (Å²) in [5.41, 5.74) is -0.0781. The minimum Gasteiger partial charge on any atom is -0.378 e. The Morgan fingerprint density at radius 3 is 2.76 bits per heavy atom. The molecule has 1 N–H and O–H groups in total. The first-order valence-corrected chi connectivity index (χ1v) is 6.40. The van der Waals surface area contributed by atoms with Crippen molar-refractivity contribution in [3.05, 3.63) is 0 Å². The van der Waals surface area contributed by atoms with Gasteiger partial charge in [0.2, 0.25) is 5.91 Å². The Morgan fingerprint density at radius 1 is 1.35 bits per heavy atom. The van der Waals surface area contributed by atoms with Crippen molar-refractivity contribution in [2.24, 2.45) is 0 Å². The standard InChI is InChI=1S/C12H22N2O3/c1-12(3-2-6-17-12)10-13-9-11(15)14-4-7-16-8-5-14/h13H,2-10H2,1H3. The molecule has 17 heavy (non-hydrogen) atoms. The van der Waals surface area contributed by atoms with E-state index >= 15 is 0 Å². The normalized spacial score (nSPS) is 29.6. The summed E-state index contributed by atoms with van der Waals surface area (Å²) in [4.78, 5) is 13.7. The summed E-state index contributed by atoms with van der Waals surface area (Å²) < 4.78 is 10.9. The minimum atomic E-state index is -0.0781. The van der Waals surface area contributed by atoms with Crippen LogP contribution in [-0.4, -0.2) is 62.4 Å². The molecule has 1 atom stereocenters. The summed E-state index contributed by atoms with van der Waals surface area (Å²) in [6.45, 7) is 6.85. The van der Waals surface area contributed by atoms with Gasteiger partial charge in [0.1, 0.15) is 0 Å². The van der Waals surface area contributed by atoms with Gasteiger partial charge in [0.15, 0.2) is 0 Å². The summed E-state index contributed by atoms with van der Waals surface area (Å²) in [5.74, 6) is 0.162. The van der Waals surface area contributed by atoms with E-state index in [0.29, 0.717) is 32.8 Å². The van der Waals surface area contributed by atoms with E-state index in [0.717, 1.165) is 26.0 Å². The Balaban J connectivity index is 1.65. The first-order chi connectivity index (χ1) is 8.20. The van der Waals surface area contributed by atoms with E-state index < -0.39 is 0 Å². The van der Waals surface area contributed by atoms with Gasteiger partial charge in [-0.3, -0.25) is 4.79 Å². The molecule has 0 aromatic rings. The van der Waals surface area contributed by atoms with Crippen LogP contribution in [0.4, 0.5) is 0 Å². The number of hydrogen-bond acceptors (Lipinski definition) is 4. The van der Waals surface area contributed by atoms with Gasteiger partial charge in [-0.25, -0.2) is 0 Å². The third-order valence-electron chi connectivity index (χ3n) is 3.44. The molecule has 2 aliphatic heterocycles. The SMILES string of the molecule is CC1(CNCC(=O)N2CCOCC2)CCCO1. The van der Waals surface area contributed by atoms with Crippen molar-refractivity contribution in [3.8, 4) is 0 Å². The van der Waals surface area contributed by atoms with Crippen LogP contribution >= 0.6 is 0 Å². The molecule has 98 valence electrons. The van der Waals surface area contributed by atoms with E-state index in [1.165, 1.54) is 0 Å². The Labute approximate surface area is 102 Å². The van der Waals surface area contributed by atoms with Gasteiger partial charge in [-0.05, 0) is 19.8 Å². The number of carbonyl (C=O) groups excluding carboxylic acids is 1. The third kappa shape index (κ3) is 3.66. The molecule has 1 amide bonds. The molecular weight excluding hydrogens is 220 g/mol. The van der Waals surface area contributed by atoms with Crippen molar-refractivity contribution in [1.82, 2.24) is 10.2 Å². The van der Waals surface area contributed by atoms with E-state index in [-0.39, 0.29) is 11.5 Å². The van der Waals surface area contributed by atoms with E-state index in [4.69, 9.17) is 9.47 Å². The predicted octanol–water partition coefficient (Wildman–Crippen LogP) is 0.00390. The van der Waals surface area contributed by atoms with Gasteiger partial charge in [-0.15, -0.1) is 0 Å². The summed E-state index contributed by atoms with van der Waals surface area (Å²) in [7, 11) is 0. The smallest absolute Gasteiger partial charge is 0.236 e. The molecule has 0 aromatic heterocycles. The summed E-state index contributed by atoms with van der Waals surface area (Å²) in [6.07, 6.45) is 2.20. The van der Waals surface area contributed by atoms with Gasteiger partial charge in [-0.1, -0.05) is 0 Å². The predicted molar refractivity (Wildman–Crippen MR) is 63.9 cm³/mol. The molecule has 2 rings (SSSR count). The maximum absolute atomic E-state index is 11.8. The Morgan fingerprint density at radius 2 is 2.12 bits per heavy atom. The zero-order valence-electron chi connectivity index (χ0n) is 10.5. The average Bonchev–Trinajstić information content (AvgIpc) is 2.77. The third-order valence-corrected chi connectivity index (χ3v) is 3.44. The van der Waals surface area contributed by atoms with Gasteiger partial charge in [0.05, 0.1) is 25.4 Å². The molecule has 2 aliphatic rings. The van der Waals surface area contributed by atoms with E-state index in [1.807, 2.05) is 4.90 Å². The lowest BCUT2D eigenvalue weighted by atomic mass is 10.0. The van der Waals surface area contributed by atoms with Crippen LogP contribution in [0.2, 0.25) is 0 Å². The molecule has 2 heterocycles. The highest BCUT2D eigenvalue weighted by Gasteiger charge is 2.29. The fraction of sp³-hybridized carbons (Fsp3) is 0.917. The molecule has 5 nitrogen and oxygen atoms in total. The number of carbonyl (C=O) groups is 1. The first-order valence-electron chi connectivity index (χ1n) is 6.40. The van der Waals surface area contributed by atoms with Crippen molar-refractivity contribution in [3.63, 3.8) is 0 Å². The highest BCUT2D eigenvalue weighted by molar-refractivity contribution is 5.78. The number of nitrogens with zero attached hydrogens (tertiary/aromatic N) is 1. The summed E-state index contributed by atoms with van der Waals surface area (Å²) in [5, 5.41) is 3.21. The molecule has 2 fully saturated rings. The fourth-order valence-electron chi connectivity index (χ4n) is 2.33. The highest BCUT2D eigenvalue weighted by Crippen LogP contribution is 2.23. The molecule has 0 spiro atoms. The number of ether oxygens (including phenoxy) is 2. The van der Waals surface area contributed by atoms with Crippen LogP contribution in [0.15, 0.2) is 0 Å². The first kappa shape index (κ1) is 12.8. The largest absolute Gasteiger partial charge is 0.378 e. The van der Waals surface area contributed by atoms with Crippen molar-refractivity contribution < 1.29 is 14.3 Å². The molecule has 5 heteroatoms. The second-order valence-electron chi connectivity index (χ2n) is 5.00. The zero-order chi connectivity index (χ0) is 12.1. The second kappa shape index (κ2) is 5.80. The fourth-order valence-corrected chi connectivity index (χ4v) is 2.33. The number of morpholine rings is 1. The van der Waals surface area contributed by atoms with Crippen LogP contribution < -0.4 is 5.32 Å². The maximum Gasteiger partial charge on any atom is 0.236 e. The second-order valence-corrected chi connectivity index (χ2v) is 5.00. The van der Waals surface area contributed by atoms with E-state index in [2.05, 4.69) is 12.2 Å². The van der Waals surface area contributed by atoms with Crippen LogP contribution in [-0.2, 0) is 14.3 Å². The molecule has 0 aromatic carbocycles. The van der Waals surface area contributed by atoms with Crippen molar-refractivity contribution >= 4 is 5.91 Å². The van der Waals surface area contributed by atoms with E-state index in [9.17, 15) is 4.79 Å². The molecular formula is C12H22N2O3. The van der Waals surface area contributed by atoms with Gasteiger partial charge < -0.3 is 19.7 Å². The summed E-state index contributed by atoms with van der Waals surface area (Å²) >= 11 is 0. The van der Waals surface area contributed by atoms with Gasteiger partial charge in [0.25, 0.3) is 0 Å². The maximum atomic E-state index is 11.8. The zero-order valence-corrected chi connectivity index (χ0v) is 10.5. The number of hydrogen-bond donors (Lipinski definition) is 1. The van der Waals surface area contributed by atoms with Crippen molar-refractivity contribution in [2.75, 3.05) is 46.0 Å². The van der Waals surface area contributed by atoms with Crippen LogP contribution in [0.5, 0.6) is 0 Å².